The molecule has 218 valence electrons. The molecule has 0 amide bonds. The van der Waals surface area contributed by atoms with Crippen LogP contribution in [-0.4, -0.2) is 102 Å². The van der Waals surface area contributed by atoms with E-state index in [4.69, 9.17) is 21.1 Å². The van der Waals surface area contributed by atoms with Crippen molar-refractivity contribution in [2.45, 2.75) is 26.2 Å². The highest BCUT2D eigenvalue weighted by atomic mass is 35.5. The Morgan fingerprint density at radius 2 is 1.62 bits per heavy atom. The number of benzene rings is 1. The number of hydrogen-bond donors (Lipinski definition) is 0. The number of hydrogen-bond acceptors (Lipinski definition) is 10. The number of morpholine rings is 1. The van der Waals surface area contributed by atoms with Crippen LogP contribution in [0.3, 0.4) is 0 Å². The van der Waals surface area contributed by atoms with Gasteiger partial charge in [0.2, 0.25) is 27.9 Å². The van der Waals surface area contributed by atoms with Gasteiger partial charge in [0.1, 0.15) is 16.5 Å². The summed E-state index contributed by atoms with van der Waals surface area (Å²) in [6.45, 7) is 5.44. The Morgan fingerprint density at radius 3 is 2.25 bits per heavy atom. The van der Waals surface area contributed by atoms with Gasteiger partial charge < -0.3 is 19.3 Å². The highest BCUT2D eigenvalue weighted by Gasteiger charge is 2.30. The maximum absolute atomic E-state index is 14.4. The number of ether oxygens (including phenoxy) is 2. The largest absolute Gasteiger partial charge is 0.491 e. The standard InChI is InChI=1S/C24H31ClF2N8O4S/c1-2-3-13-39-18-6-4-5-17-19(18)28-21(20(26)27)35(17)24-30-22(29-23(31-24)33-11-14-38-15-12-33)32-7-9-34(10-8-32)40(36,37)16-25/h4-6,20H,2-3,7-16H2,1H3. The summed E-state index contributed by atoms with van der Waals surface area (Å²) in [6, 6.07) is 5.10. The first kappa shape index (κ1) is 28.6. The van der Waals surface area contributed by atoms with Gasteiger partial charge in [0.05, 0.1) is 25.3 Å². The third kappa shape index (κ3) is 5.92. The highest BCUT2D eigenvalue weighted by molar-refractivity contribution is 7.90. The van der Waals surface area contributed by atoms with Crippen molar-refractivity contribution in [2.24, 2.45) is 0 Å². The molecule has 16 heteroatoms. The van der Waals surface area contributed by atoms with E-state index in [0.717, 1.165) is 12.8 Å². The molecule has 0 radical (unpaired) electrons. The summed E-state index contributed by atoms with van der Waals surface area (Å²) in [4.78, 5) is 21.8. The highest BCUT2D eigenvalue weighted by Crippen LogP contribution is 2.33. The molecular weight excluding hydrogens is 570 g/mol. The van der Waals surface area contributed by atoms with Crippen LogP contribution in [0.15, 0.2) is 18.2 Å². The van der Waals surface area contributed by atoms with Crippen molar-refractivity contribution < 1.29 is 26.7 Å². The van der Waals surface area contributed by atoms with Gasteiger partial charge in [-0.15, -0.1) is 11.6 Å². The van der Waals surface area contributed by atoms with Gasteiger partial charge in [-0.25, -0.2) is 22.2 Å². The molecule has 5 rings (SSSR count). The van der Waals surface area contributed by atoms with Crippen LogP contribution in [0.2, 0.25) is 0 Å². The molecule has 3 aromatic rings. The lowest BCUT2D eigenvalue weighted by Crippen LogP contribution is -2.49. The molecule has 40 heavy (non-hydrogen) atoms. The lowest BCUT2D eigenvalue weighted by molar-refractivity contribution is 0.122. The second-order valence-electron chi connectivity index (χ2n) is 9.37. The zero-order valence-corrected chi connectivity index (χ0v) is 23.6. The van der Waals surface area contributed by atoms with Crippen LogP contribution in [0.1, 0.15) is 32.0 Å². The molecule has 0 bridgehead atoms. The van der Waals surface area contributed by atoms with Gasteiger partial charge in [-0.05, 0) is 18.6 Å². The molecule has 2 aromatic heterocycles. The zero-order valence-electron chi connectivity index (χ0n) is 22.0. The number of anilines is 2. The minimum atomic E-state index is -3.56. The second-order valence-corrected chi connectivity index (χ2v) is 11.9. The van der Waals surface area contributed by atoms with Gasteiger partial charge in [0, 0.05) is 39.3 Å². The van der Waals surface area contributed by atoms with Crippen molar-refractivity contribution in [2.75, 3.05) is 74.1 Å². The number of fused-ring (bicyclic) bond motifs is 1. The summed E-state index contributed by atoms with van der Waals surface area (Å²) >= 11 is 5.63. The Bertz CT molecular complexity index is 1430. The summed E-state index contributed by atoms with van der Waals surface area (Å²) in [7, 11) is -3.56. The molecule has 0 unspecified atom stereocenters. The van der Waals surface area contributed by atoms with Crippen LogP contribution in [-0.2, 0) is 14.8 Å². The molecule has 2 aliphatic rings. The number of imidazole rings is 1. The van der Waals surface area contributed by atoms with Crippen LogP contribution in [0, 0.1) is 0 Å². The molecule has 2 saturated heterocycles. The van der Waals surface area contributed by atoms with Gasteiger partial charge >= 0.3 is 0 Å². The molecule has 0 atom stereocenters. The third-order valence-electron chi connectivity index (χ3n) is 6.77. The first-order valence-corrected chi connectivity index (χ1v) is 15.3. The molecule has 2 aliphatic heterocycles. The Hall–Kier alpha value is -2.88. The Balaban J connectivity index is 1.58. The van der Waals surface area contributed by atoms with E-state index >= 15 is 0 Å². The van der Waals surface area contributed by atoms with Gasteiger partial charge in [-0.2, -0.15) is 19.3 Å². The lowest BCUT2D eigenvalue weighted by Gasteiger charge is -2.34. The smallest absolute Gasteiger partial charge is 0.296 e. The average molecular weight is 601 g/mol. The maximum Gasteiger partial charge on any atom is 0.296 e. The number of para-hydroxylation sites is 1. The Labute approximate surface area is 235 Å². The van der Waals surface area contributed by atoms with E-state index in [1.807, 2.05) is 16.7 Å². The predicted molar refractivity (Wildman–Crippen MR) is 146 cm³/mol. The monoisotopic (exact) mass is 600 g/mol. The van der Waals surface area contributed by atoms with Gasteiger partial charge in [0.25, 0.3) is 6.43 Å². The number of piperazine rings is 1. The number of sulfonamides is 1. The fourth-order valence-corrected chi connectivity index (χ4v) is 5.89. The SMILES string of the molecule is CCCCOc1cccc2c1nc(C(F)F)n2-c1nc(N2CCOCC2)nc(N2CCN(S(=O)(=O)CCl)CC2)n1. The molecule has 1 aromatic carbocycles. The molecule has 12 nitrogen and oxygen atoms in total. The zero-order chi connectivity index (χ0) is 28.3. The van der Waals surface area contributed by atoms with Crippen LogP contribution in [0.4, 0.5) is 20.7 Å². The minimum absolute atomic E-state index is 0.00851. The minimum Gasteiger partial charge on any atom is -0.491 e. The van der Waals surface area contributed by atoms with Crippen LogP contribution in [0.25, 0.3) is 17.0 Å². The van der Waals surface area contributed by atoms with E-state index in [1.54, 1.807) is 18.2 Å². The Kier molecular flexibility index (Phi) is 8.83. The fourth-order valence-electron chi connectivity index (χ4n) is 4.62. The van der Waals surface area contributed by atoms with E-state index in [-0.39, 0.29) is 25.0 Å². The van der Waals surface area contributed by atoms with Crippen molar-refractivity contribution >= 4 is 44.6 Å². The van der Waals surface area contributed by atoms with Crippen LogP contribution in [0.5, 0.6) is 5.75 Å². The van der Waals surface area contributed by atoms with Crippen LogP contribution < -0.4 is 14.5 Å². The first-order chi connectivity index (χ1) is 19.3. The van der Waals surface area contributed by atoms with E-state index in [0.29, 0.717) is 68.7 Å². The van der Waals surface area contributed by atoms with Crippen molar-refractivity contribution in [3.63, 3.8) is 0 Å². The number of halogens is 3. The lowest BCUT2D eigenvalue weighted by atomic mass is 10.3. The van der Waals surface area contributed by atoms with Gasteiger partial charge in [0.15, 0.2) is 5.82 Å². The van der Waals surface area contributed by atoms with E-state index in [1.165, 1.54) is 8.87 Å². The number of aromatic nitrogens is 5. The van der Waals surface area contributed by atoms with Gasteiger partial charge in [-0.3, -0.25) is 4.57 Å². The van der Waals surface area contributed by atoms with E-state index in [9.17, 15) is 17.2 Å². The summed E-state index contributed by atoms with van der Waals surface area (Å²) in [6.07, 6.45) is -1.17. The molecular formula is C24H31ClF2N8O4S. The normalized spacial score (nSPS) is 17.2. The topological polar surface area (TPSA) is 119 Å². The maximum atomic E-state index is 14.4. The summed E-state index contributed by atoms with van der Waals surface area (Å²) < 4.78 is 67.1. The number of nitrogens with zero attached hydrogens (tertiary/aromatic N) is 8. The quantitative estimate of drug-likeness (QED) is 0.254. The molecule has 0 N–H and O–H groups in total. The molecule has 0 aliphatic carbocycles. The number of unbranched alkanes of at least 4 members (excludes halogenated alkanes) is 1. The predicted octanol–water partition coefficient (Wildman–Crippen LogP) is 2.81. The van der Waals surface area contributed by atoms with Crippen molar-refractivity contribution in [1.29, 1.82) is 0 Å². The summed E-state index contributed by atoms with van der Waals surface area (Å²) in [5, 5.41) is -0.502. The molecule has 0 spiro atoms. The number of alkyl halides is 3. The average Bonchev–Trinajstić information content (AvgIpc) is 3.39. The van der Waals surface area contributed by atoms with Crippen molar-refractivity contribution in [3.8, 4) is 11.7 Å². The Morgan fingerprint density at radius 1 is 0.975 bits per heavy atom. The van der Waals surface area contributed by atoms with E-state index in [2.05, 4.69) is 19.9 Å². The molecule has 0 saturated carbocycles. The fraction of sp³-hybridized carbons (Fsp3) is 0.583. The van der Waals surface area contributed by atoms with Gasteiger partial charge in [-0.1, -0.05) is 19.4 Å². The summed E-state index contributed by atoms with van der Waals surface area (Å²) in [5.41, 5.74) is 0.677. The molecule has 2 fully saturated rings. The van der Waals surface area contributed by atoms with Crippen LogP contribution >= 0.6 is 11.6 Å². The number of rotatable bonds is 10. The van der Waals surface area contributed by atoms with E-state index < -0.39 is 27.5 Å². The van der Waals surface area contributed by atoms with Crippen molar-refractivity contribution in [1.82, 2.24) is 28.8 Å². The second kappa shape index (κ2) is 12.3. The third-order valence-corrected chi connectivity index (χ3v) is 9.03. The first-order valence-electron chi connectivity index (χ1n) is 13.1. The van der Waals surface area contributed by atoms with Crippen molar-refractivity contribution in [3.05, 3.63) is 24.0 Å². The summed E-state index contributed by atoms with van der Waals surface area (Å²) in [5.74, 6) is 0.463. The molecule has 4 heterocycles.